The number of rotatable bonds is 2. The van der Waals surface area contributed by atoms with Crippen LogP contribution in [0.3, 0.4) is 0 Å². The predicted molar refractivity (Wildman–Crippen MR) is 48.0 cm³/mol. The quantitative estimate of drug-likeness (QED) is 0.657. The van der Waals surface area contributed by atoms with Crippen LogP contribution in [0.5, 0.6) is 0 Å². The molecule has 0 heterocycles. The van der Waals surface area contributed by atoms with Gasteiger partial charge in [-0.2, -0.15) is 0 Å². The van der Waals surface area contributed by atoms with E-state index in [1.54, 1.807) is 21.1 Å². The van der Waals surface area contributed by atoms with Crippen LogP contribution in [0.2, 0.25) is 0 Å². The zero-order valence-corrected chi connectivity index (χ0v) is 8.46. The third-order valence-corrected chi connectivity index (χ3v) is 1.96. The largest absolute Gasteiger partial charge is 0.394 e. The molecule has 0 bridgehead atoms. The van der Waals surface area contributed by atoms with Gasteiger partial charge in [0.25, 0.3) is 0 Å². The molecule has 0 saturated carbocycles. The van der Waals surface area contributed by atoms with Crippen LogP contribution < -0.4 is 0 Å². The molecule has 0 atom stereocenters. The number of carbonyl (C=O) groups is 1. The first-order chi connectivity index (χ1) is 5.33. The number of aliphatic hydroxyl groups excluding tert-OH is 1. The van der Waals surface area contributed by atoms with Crippen molar-refractivity contribution in [2.75, 3.05) is 27.7 Å². The minimum Gasteiger partial charge on any atom is -0.394 e. The Morgan fingerprint density at radius 1 is 1.33 bits per heavy atom. The first-order valence-corrected chi connectivity index (χ1v) is 3.89. The molecule has 0 spiro atoms. The van der Waals surface area contributed by atoms with Gasteiger partial charge in [0.1, 0.15) is 0 Å². The number of hydrogen-bond donors (Lipinski definition) is 1. The number of amides is 2. The summed E-state index contributed by atoms with van der Waals surface area (Å²) in [5, 5.41) is 8.98. The Labute approximate surface area is 73.8 Å². The molecule has 0 aromatic heterocycles. The van der Waals surface area contributed by atoms with Crippen molar-refractivity contribution in [1.82, 2.24) is 9.80 Å². The monoisotopic (exact) mass is 174 g/mol. The molecular formula is C8H18N2O2. The first-order valence-electron chi connectivity index (χ1n) is 3.89. The molecule has 4 nitrogen and oxygen atoms in total. The van der Waals surface area contributed by atoms with E-state index < -0.39 is 5.54 Å². The van der Waals surface area contributed by atoms with Gasteiger partial charge in [-0.05, 0) is 13.8 Å². The summed E-state index contributed by atoms with van der Waals surface area (Å²) in [7, 11) is 5.05. The Morgan fingerprint density at radius 2 is 1.75 bits per heavy atom. The third-order valence-electron chi connectivity index (χ3n) is 1.96. The SMILES string of the molecule is CN(C)C(=O)N(C)C(C)(C)CO. The zero-order chi connectivity index (χ0) is 9.94. The van der Waals surface area contributed by atoms with E-state index >= 15 is 0 Å². The van der Waals surface area contributed by atoms with E-state index in [-0.39, 0.29) is 12.6 Å². The van der Waals surface area contributed by atoms with Crippen LogP contribution in [-0.4, -0.2) is 54.2 Å². The highest BCUT2D eigenvalue weighted by atomic mass is 16.3. The van der Waals surface area contributed by atoms with Gasteiger partial charge in [-0.15, -0.1) is 0 Å². The van der Waals surface area contributed by atoms with Crippen molar-refractivity contribution < 1.29 is 9.90 Å². The van der Waals surface area contributed by atoms with Gasteiger partial charge in [-0.1, -0.05) is 0 Å². The van der Waals surface area contributed by atoms with Crippen LogP contribution in [0.4, 0.5) is 4.79 Å². The summed E-state index contributed by atoms with van der Waals surface area (Å²) in [6, 6.07) is -0.103. The van der Waals surface area contributed by atoms with Crippen LogP contribution in [0, 0.1) is 0 Å². The van der Waals surface area contributed by atoms with Crippen LogP contribution >= 0.6 is 0 Å². The van der Waals surface area contributed by atoms with Crippen molar-refractivity contribution >= 4 is 6.03 Å². The van der Waals surface area contributed by atoms with Crippen molar-refractivity contribution in [3.63, 3.8) is 0 Å². The highest BCUT2D eigenvalue weighted by Crippen LogP contribution is 2.11. The normalized spacial score (nSPS) is 11.2. The van der Waals surface area contributed by atoms with E-state index in [2.05, 4.69) is 0 Å². The van der Waals surface area contributed by atoms with E-state index in [0.29, 0.717) is 0 Å². The van der Waals surface area contributed by atoms with Crippen LogP contribution in [0.1, 0.15) is 13.8 Å². The maximum atomic E-state index is 11.4. The molecule has 1 N–H and O–H groups in total. The van der Waals surface area contributed by atoms with Gasteiger partial charge in [0.2, 0.25) is 0 Å². The minimum atomic E-state index is -0.499. The molecule has 2 amide bonds. The Morgan fingerprint density at radius 3 is 2.00 bits per heavy atom. The van der Waals surface area contributed by atoms with Crippen molar-refractivity contribution in [1.29, 1.82) is 0 Å². The Bertz CT molecular complexity index is 166. The molecule has 0 aromatic rings. The van der Waals surface area contributed by atoms with E-state index in [0.717, 1.165) is 0 Å². The second kappa shape index (κ2) is 3.76. The smallest absolute Gasteiger partial charge is 0.319 e. The van der Waals surface area contributed by atoms with Gasteiger partial charge in [0, 0.05) is 21.1 Å². The maximum absolute atomic E-state index is 11.4. The molecule has 0 saturated heterocycles. The molecule has 0 rings (SSSR count). The van der Waals surface area contributed by atoms with Gasteiger partial charge in [0.05, 0.1) is 12.1 Å². The Hall–Kier alpha value is -0.770. The van der Waals surface area contributed by atoms with Crippen LogP contribution in [-0.2, 0) is 0 Å². The summed E-state index contributed by atoms with van der Waals surface area (Å²) in [4.78, 5) is 14.4. The van der Waals surface area contributed by atoms with Crippen LogP contribution in [0.25, 0.3) is 0 Å². The highest BCUT2D eigenvalue weighted by molar-refractivity contribution is 5.74. The molecule has 4 heteroatoms. The number of aliphatic hydroxyl groups is 1. The maximum Gasteiger partial charge on any atom is 0.319 e. The predicted octanol–water partition coefficient (Wildman–Crippen LogP) is 0.371. The first kappa shape index (κ1) is 11.2. The lowest BCUT2D eigenvalue weighted by Crippen LogP contribution is -2.51. The number of carbonyl (C=O) groups excluding carboxylic acids is 1. The van der Waals surface area contributed by atoms with Crippen molar-refractivity contribution in [3.05, 3.63) is 0 Å². The third kappa shape index (κ3) is 2.37. The van der Waals surface area contributed by atoms with E-state index in [1.807, 2.05) is 13.8 Å². The summed E-state index contributed by atoms with van der Waals surface area (Å²) in [6.45, 7) is 3.59. The van der Waals surface area contributed by atoms with Crippen LogP contribution in [0.15, 0.2) is 0 Å². The van der Waals surface area contributed by atoms with Crippen molar-refractivity contribution in [2.45, 2.75) is 19.4 Å². The van der Waals surface area contributed by atoms with Gasteiger partial charge in [0.15, 0.2) is 0 Å². The zero-order valence-electron chi connectivity index (χ0n) is 8.46. The minimum absolute atomic E-state index is 0.0386. The van der Waals surface area contributed by atoms with Gasteiger partial charge >= 0.3 is 6.03 Å². The second-order valence-electron chi connectivity index (χ2n) is 3.71. The molecule has 72 valence electrons. The van der Waals surface area contributed by atoms with E-state index in [4.69, 9.17) is 5.11 Å². The fourth-order valence-corrected chi connectivity index (χ4v) is 0.665. The van der Waals surface area contributed by atoms with Gasteiger partial charge in [-0.25, -0.2) is 4.79 Å². The Balaban J connectivity index is 4.38. The molecule has 0 radical (unpaired) electrons. The van der Waals surface area contributed by atoms with E-state index in [1.165, 1.54) is 9.80 Å². The molecule has 0 aromatic carbocycles. The number of nitrogens with zero attached hydrogens (tertiary/aromatic N) is 2. The summed E-state index contributed by atoms with van der Waals surface area (Å²) in [5.41, 5.74) is -0.499. The fraction of sp³-hybridized carbons (Fsp3) is 0.875. The summed E-state index contributed by atoms with van der Waals surface area (Å²) in [6.07, 6.45) is 0. The molecule has 0 aliphatic carbocycles. The molecule has 0 aliphatic rings. The molecular weight excluding hydrogens is 156 g/mol. The van der Waals surface area contributed by atoms with Crippen molar-refractivity contribution in [3.8, 4) is 0 Å². The second-order valence-corrected chi connectivity index (χ2v) is 3.71. The molecule has 0 aliphatic heterocycles. The van der Waals surface area contributed by atoms with Gasteiger partial charge < -0.3 is 14.9 Å². The fourth-order valence-electron chi connectivity index (χ4n) is 0.665. The number of urea groups is 1. The standard InChI is InChI=1S/C8H18N2O2/c1-8(2,6-11)10(5)7(12)9(3)4/h11H,6H2,1-5H3. The summed E-state index contributed by atoms with van der Waals surface area (Å²) in [5.74, 6) is 0. The lowest BCUT2D eigenvalue weighted by molar-refractivity contribution is 0.0851. The lowest BCUT2D eigenvalue weighted by Gasteiger charge is -2.35. The molecule has 0 unspecified atom stereocenters. The summed E-state index contributed by atoms with van der Waals surface area (Å²) < 4.78 is 0. The number of hydrogen-bond acceptors (Lipinski definition) is 2. The lowest BCUT2D eigenvalue weighted by atomic mass is 10.1. The average molecular weight is 174 g/mol. The number of likely N-dealkylation sites (N-methyl/N-ethyl adjacent to an activating group) is 1. The van der Waals surface area contributed by atoms with Gasteiger partial charge in [-0.3, -0.25) is 0 Å². The molecule has 12 heavy (non-hydrogen) atoms. The van der Waals surface area contributed by atoms with Crippen molar-refractivity contribution in [2.24, 2.45) is 0 Å². The molecule has 0 fully saturated rings. The summed E-state index contributed by atoms with van der Waals surface area (Å²) >= 11 is 0. The highest BCUT2D eigenvalue weighted by Gasteiger charge is 2.27. The topological polar surface area (TPSA) is 43.8 Å². The average Bonchev–Trinajstić information content (AvgIpc) is 2.01. The Kier molecular flexibility index (Phi) is 3.52. The van der Waals surface area contributed by atoms with E-state index in [9.17, 15) is 4.79 Å².